The van der Waals surface area contributed by atoms with E-state index in [9.17, 15) is 4.79 Å². The smallest absolute Gasteiger partial charge is 0.320 e. The van der Waals surface area contributed by atoms with Crippen LogP contribution in [-0.2, 0) is 11.2 Å². The average Bonchev–Trinajstić information content (AvgIpc) is 2.62. The van der Waals surface area contributed by atoms with Crippen LogP contribution >= 0.6 is 0 Å². The van der Waals surface area contributed by atoms with Crippen molar-refractivity contribution in [2.45, 2.75) is 12.5 Å². The van der Waals surface area contributed by atoms with Gasteiger partial charge in [-0.2, -0.15) is 9.61 Å². The molecule has 0 saturated carbocycles. The van der Waals surface area contributed by atoms with Gasteiger partial charge in [-0.1, -0.05) is 0 Å². The van der Waals surface area contributed by atoms with E-state index in [4.69, 9.17) is 10.8 Å². The third-order valence-electron chi connectivity index (χ3n) is 1.96. The third-order valence-corrected chi connectivity index (χ3v) is 1.96. The number of nitrogens with two attached hydrogens (primary N) is 1. The Kier molecular flexibility index (Phi) is 2.30. The van der Waals surface area contributed by atoms with Crippen LogP contribution in [0, 0.1) is 0 Å². The van der Waals surface area contributed by atoms with E-state index in [1.54, 1.807) is 18.3 Å². The van der Waals surface area contributed by atoms with Crippen molar-refractivity contribution in [3.8, 4) is 0 Å². The SMILES string of the molecule is NC(Cc1nnc2cccnn12)C(=O)O. The first-order chi connectivity index (χ1) is 7.18. The molecule has 0 radical (unpaired) electrons. The van der Waals surface area contributed by atoms with Crippen molar-refractivity contribution in [1.29, 1.82) is 0 Å². The fraction of sp³-hybridized carbons (Fsp3) is 0.250. The lowest BCUT2D eigenvalue weighted by Gasteiger charge is -2.03. The van der Waals surface area contributed by atoms with Gasteiger partial charge in [-0.15, -0.1) is 10.2 Å². The second kappa shape index (κ2) is 3.62. The summed E-state index contributed by atoms with van der Waals surface area (Å²) >= 11 is 0. The number of carboxylic acid groups (broad SMARTS) is 1. The van der Waals surface area contributed by atoms with Gasteiger partial charge in [-0.25, -0.2) is 0 Å². The summed E-state index contributed by atoms with van der Waals surface area (Å²) in [5.74, 6) is -0.622. The lowest BCUT2D eigenvalue weighted by Crippen LogP contribution is -2.33. The van der Waals surface area contributed by atoms with E-state index in [2.05, 4.69) is 15.3 Å². The summed E-state index contributed by atoms with van der Waals surface area (Å²) in [6, 6.07) is 2.47. The van der Waals surface area contributed by atoms with E-state index < -0.39 is 12.0 Å². The molecule has 2 aromatic rings. The van der Waals surface area contributed by atoms with Crippen molar-refractivity contribution in [3.05, 3.63) is 24.2 Å². The Balaban J connectivity index is 2.32. The number of aliphatic carboxylic acids is 1. The van der Waals surface area contributed by atoms with E-state index in [1.807, 2.05) is 0 Å². The topological polar surface area (TPSA) is 106 Å². The molecule has 15 heavy (non-hydrogen) atoms. The Morgan fingerprint density at radius 3 is 3.13 bits per heavy atom. The first-order valence-corrected chi connectivity index (χ1v) is 4.32. The van der Waals surface area contributed by atoms with E-state index >= 15 is 0 Å². The van der Waals surface area contributed by atoms with Crippen LogP contribution in [0.25, 0.3) is 5.65 Å². The minimum Gasteiger partial charge on any atom is -0.480 e. The molecule has 7 heteroatoms. The fourth-order valence-electron chi connectivity index (χ4n) is 1.20. The summed E-state index contributed by atoms with van der Waals surface area (Å²) < 4.78 is 1.48. The highest BCUT2D eigenvalue weighted by Gasteiger charge is 2.16. The van der Waals surface area contributed by atoms with Crippen molar-refractivity contribution in [2.75, 3.05) is 0 Å². The lowest BCUT2D eigenvalue weighted by atomic mass is 10.2. The van der Waals surface area contributed by atoms with Gasteiger partial charge >= 0.3 is 5.97 Å². The normalized spacial score (nSPS) is 12.9. The van der Waals surface area contributed by atoms with Crippen LogP contribution in [0.5, 0.6) is 0 Å². The zero-order chi connectivity index (χ0) is 10.8. The van der Waals surface area contributed by atoms with Crippen LogP contribution in [0.2, 0.25) is 0 Å². The number of fused-ring (bicyclic) bond motifs is 1. The molecule has 2 rings (SSSR count). The summed E-state index contributed by atoms with van der Waals surface area (Å²) in [4.78, 5) is 10.6. The van der Waals surface area contributed by atoms with Gasteiger partial charge in [-0.05, 0) is 12.1 Å². The standard InChI is InChI=1S/C8H9N5O2/c9-5(8(14)15)4-7-12-11-6-2-1-3-10-13(6)7/h1-3,5H,4,9H2,(H,14,15). The number of nitrogens with zero attached hydrogens (tertiary/aromatic N) is 4. The van der Waals surface area contributed by atoms with Gasteiger partial charge in [0.15, 0.2) is 11.5 Å². The van der Waals surface area contributed by atoms with Crippen LogP contribution in [0.4, 0.5) is 0 Å². The molecule has 0 aliphatic rings. The van der Waals surface area contributed by atoms with E-state index in [-0.39, 0.29) is 6.42 Å². The van der Waals surface area contributed by atoms with Crippen LogP contribution < -0.4 is 5.73 Å². The second-order valence-electron chi connectivity index (χ2n) is 3.06. The summed E-state index contributed by atoms with van der Waals surface area (Å²) in [5.41, 5.74) is 5.96. The molecule has 0 amide bonds. The number of hydrogen-bond donors (Lipinski definition) is 2. The monoisotopic (exact) mass is 207 g/mol. The largest absolute Gasteiger partial charge is 0.480 e. The molecular weight excluding hydrogens is 198 g/mol. The highest BCUT2D eigenvalue weighted by atomic mass is 16.4. The predicted octanol–water partition coefficient (Wildman–Crippen LogP) is -0.921. The first-order valence-electron chi connectivity index (χ1n) is 4.32. The molecule has 0 saturated heterocycles. The second-order valence-corrected chi connectivity index (χ2v) is 3.06. The minimum atomic E-state index is -1.07. The molecule has 7 nitrogen and oxygen atoms in total. The van der Waals surface area contributed by atoms with Crippen molar-refractivity contribution in [2.24, 2.45) is 5.73 Å². The maximum absolute atomic E-state index is 10.6. The highest BCUT2D eigenvalue weighted by Crippen LogP contribution is 2.02. The molecule has 0 aromatic carbocycles. The van der Waals surface area contributed by atoms with Gasteiger partial charge in [0.2, 0.25) is 0 Å². The van der Waals surface area contributed by atoms with Gasteiger partial charge in [-0.3, -0.25) is 4.79 Å². The Morgan fingerprint density at radius 1 is 1.60 bits per heavy atom. The van der Waals surface area contributed by atoms with Crippen LogP contribution in [-0.4, -0.2) is 36.9 Å². The molecular formula is C8H9N5O2. The number of carbonyl (C=O) groups is 1. The molecule has 2 heterocycles. The number of carboxylic acids is 1. The summed E-state index contributed by atoms with van der Waals surface area (Å²) in [6.45, 7) is 0. The summed E-state index contributed by atoms with van der Waals surface area (Å²) in [6.07, 6.45) is 1.68. The molecule has 1 atom stereocenters. The third kappa shape index (κ3) is 1.77. The van der Waals surface area contributed by atoms with Gasteiger partial charge in [0, 0.05) is 12.6 Å². The summed E-state index contributed by atoms with van der Waals surface area (Å²) in [7, 11) is 0. The Bertz CT molecular complexity index is 494. The molecule has 1 unspecified atom stereocenters. The number of hydrogen-bond acceptors (Lipinski definition) is 5. The average molecular weight is 207 g/mol. The molecule has 0 aliphatic heterocycles. The number of aromatic nitrogens is 4. The van der Waals surface area contributed by atoms with Gasteiger partial charge in [0.05, 0.1) is 0 Å². The zero-order valence-corrected chi connectivity index (χ0v) is 7.74. The quantitative estimate of drug-likeness (QED) is 0.674. The van der Waals surface area contributed by atoms with Crippen molar-refractivity contribution >= 4 is 11.6 Å². The predicted molar refractivity (Wildman–Crippen MR) is 50.1 cm³/mol. The van der Waals surface area contributed by atoms with E-state index in [0.717, 1.165) is 0 Å². The van der Waals surface area contributed by atoms with E-state index in [1.165, 1.54) is 4.52 Å². The van der Waals surface area contributed by atoms with Crippen LogP contribution in [0.15, 0.2) is 18.3 Å². The van der Waals surface area contributed by atoms with Gasteiger partial charge < -0.3 is 10.8 Å². The molecule has 3 N–H and O–H groups in total. The van der Waals surface area contributed by atoms with Crippen LogP contribution in [0.1, 0.15) is 5.82 Å². The molecule has 0 bridgehead atoms. The number of rotatable bonds is 3. The van der Waals surface area contributed by atoms with E-state index in [0.29, 0.717) is 11.5 Å². The molecule has 78 valence electrons. The Labute approximate surface area is 84.5 Å². The highest BCUT2D eigenvalue weighted by molar-refractivity contribution is 5.73. The van der Waals surface area contributed by atoms with Gasteiger partial charge in [0.1, 0.15) is 6.04 Å². The summed E-state index contributed by atoms with van der Waals surface area (Å²) in [5, 5.41) is 20.3. The van der Waals surface area contributed by atoms with Crippen molar-refractivity contribution in [1.82, 2.24) is 19.8 Å². The minimum absolute atomic E-state index is 0.105. The van der Waals surface area contributed by atoms with Gasteiger partial charge in [0.25, 0.3) is 0 Å². The van der Waals surface area contributed by atoms with Crippen molar-refractivity contribution < 1.29 is 9.90 Å². The Morgan fingerprint density at radius 2 is 2.40 bits per heavy atom. The van der Waals surface area contributed by atoms with Crippen LogP contribution in [0.3, 0.4) is 0 Å². The Hall–Kier alpha value is -2.02. The molecule has 0 aliphatic carbocycles. The lowest BCUT2D eigenvalue weighted by molar-refractivity contribution is -0.138. The zero-order valence-electron chi connectivity index (χ0n) is 7.74. The molecule has 2 aromatic heterocycles. The maximum atomic E-state index is 10.6. The first kappa shape index (κ1) is 9.53. The fourth-order valence-corrected chi connectivity index (χ4v) is 1.20. The molecule has 0 spiro atoms. The van der Waals surface area contributed by atoms with Crippen molar-refractivity contribution in [3.63, 3.8) is 0 Å². The molecule has 0 fully saturated rings. The maximum Gasteiger partial charge on any atom is 0.320 e.